The Hall–Kier alpha value is -1.97. The minimum atomic E-state index is -0.206. The number of benzene rings is 1. The van der Waals surface area contributed by atoms with Crippen molar-refractivity contribution in [2.45, 2.75) is 34.1 Å². The topological polar surface area (TPSA) is 37.8 Å². The van der Waals surface area contributed by atoms with Gasteiger partial charge in [-0.1, -0.05) is 6.92 Å². The van der Waals surface area contributed by atoms with Crippen LogP contribution in [0.3, 0.4) is 0 Å². The Morgan fingerprint density at radius 3 is 2.50 bits per heavy atom. The third-order valence-electron chi connectivity index (χ3n) is 3.33. The second-order valence-electron chi connectivity index (χ2n) is 4.81. The Morgan fingerprint density at radius 2 is 1.90 bits per heavy atom. The van der Waals surface area contributed by atoms with E-state index in [0.29, 0.717) is 11.4 Å². The maximum Gasteiger partial charge on any atom is 0.161 e. The van der Waals surface area contributed by atoms with E-state index in [4.69, 9.17) is 0 Å². The Bertz CT molecular complexity index is 623. The number of nitrogens with zero attached hydrogens (tertiary/aromatic N) is 2. The van der Waals surface area contributed by atoms with Crippen molar-refractivity contribution < 1.29 is 4.39 Å². The molecule has 20 heavy (non-hydrogen) atoms. The van der Waals surface area contributed by atoms with Crippen LogP contribution in [0, 0.1) is 19.7 Å². The average molecular weight is 273 g/mol. The highest BCUT2D eigenvalue weighted by Gasteiger charge is 2.11. The van der Waals surface area contributed by atoms with Gasteiger partial charge in [0.25, 0.3) is 0 Å². The number of halogens is 1. The van der Waals surface area contributed by atoms with E-state index in [9.17, 15) is 4.39 Å². The minimum Gasteiger partial charge on any atom is -0.370 e. The largest absolute Gasteiger partial charge is 0.370 e. The van der Waals surface area contributed by atoms with Crippen molar-refractivity contribution in [2.24, 2.45) is 0 Å². The third-order valence-corrected chi connectivity index (χ3v) is 3.33. The Balaban J connectivity index is 2.54. The summed E-state index contributed by atoms with van der Waals surface area (Å²) in [5.74, 6) is 1.31. The molecule has 0 bridgehead atoms. The minimum absolute atomic E-state index is 0.206. The summed E-state index contributed by atoms with van der Waals surface area (Å²) in [5, 5.41) is 3.28. The third kappa shape index (κ3) is 2.79. The lowest BCUT2D eigenvalue weighted by atomic mass is 10.1. The van der Waals surface area contributed by atoms with Gasteiger partial charge in [-0.3, -0.25) is 0 Å². The molecule has 0 fully saturated rings. The van der Waals surface area contributed by atoms with Crippen LogP contribution in [-0.2, 0) is 6.42 Å². The standard InChI is InChI=1S/C16H20FN3/c1-5-13-11(4)19-15(20-16(13)18-6-2)12-7-8-14(17)10(3)9-12/h7-9H,5-6H2,1-4H3,(H,18,19,20). The lowest BCUT2D eigenvalue weighted by Crippen LogP contribution is -2.08. The van der Waals surface area contributed by atoms with Crippen LogP contribution in [0.5, 0.6) is 0 Å². The van der Waals surface area contributed by atoms with E-state index in [1.165, 1.54) is 6.07 Å². The van der Waals surface area contributed by atoms with Gasteiger partial charge in [0.2, 0.25) is 0 Å². The van der Waals surface area contributed by atoms with Crippen molar-refractivity contribution in [2.75, 3.05) is 11.9 Å². The molecule has 3 nitrogen and oxygen atoms in total. The van der Waals surface area contributed by atoms with E-state index >= 15 is 0 Å². The molecule has 0 unspecified atom stereocenters. The molecule has 0 saturated carbocycles. The summed E-state index contributed by atoms with van der Waals surface area (Å²) < 4.78 is 13.4. The molecule has 1 aromatic heterocycles. The maximum absolute atomic E-state index is 13.4. The normalized spacial score (nSPS) is 10.7. The molecule has 1 N–H and O–H groups in total. The molecule has 0 aliphatic carbocycles. The van der Waals surface area contributed by atoms with E-state index in [0.717, 1.165) is 35.6 Å². The van der Waals surface area contributed by atoms with Crippen LogP contribution in [0.1, 0.15) is 30.7 Å². The Labute approximate surface area is 119 Å². The van der Waals surface area contributed by atoms with E-state index in [-0.39, 0.29) is 5.82 Å². The highest BCUT2D eigenvalue weighted by atomic mass is 19.1. The highest BCUT2D eigenvalue weighted by molar-refractivity contribution is 5.60. The van der Waals surface area contributed by atoms with Gasteiger partial charge in [0.1, 0.15) is 11.6 Å². The van der Waals surface area contributed by atoms with E-state index in [1.54, 1.807) is 19.1 Å². The van der Waals surface area contributed by atoms with Crippen LogP contribution in [0.25, 0.3) is 11.4 Å². The SMILES string of the molecule is CCNc1nc(-c2ccc(F)c(C)c2)nc(C)c1CC. The van der Waals surface area contributed by atoms with E-state index < -0.39 is 0 Å². The van der Waals surface area contributed by atoms with Crippen LogP contribution >= 0.6 is 0 Å². The van der Waals surface area contributed by atoms with E-state index in [1.807, 2.05) is 13.8 Å². The van der Waals surface area contributed by atoms with Gasteiger partial charge in [-0.05, 0) is 51.0 Å². The fourth-order valence-corrected chi connectivity index (χ4v) is 2.25. The summed E-state index contributed by atoms with van der Waals surface area (Å²) >= 11 is 0. The number of anilines is 1. The van der Waals surface area contributed by atoms with Crippen molar-refractivity contribution in [1.82, 2.24) is 9.97 Å². The fourth-order valence-electron chi connectivity index (χ4n) is 2.25. The molecule has 2 rings (SSSR count). The quantitative estimate of drug-likeness (QED) is 0.918. The number of hydrogen-bond acceptors (Lipinski definition) is 3. The summed E-state index contributed by atoms with van der Waals surface area (Å²) in [5.41, 5.74) is 3.55. The Morgan fingerprint density at radius 1 is 1.15 bits per heavy atom. The van der Waals surface area contributed by atoms with Gasteiger partial charge in [-0.2, -0.15) is 0 Å². The number of nitrogens with one attached hydrogen (secondary N) is 1. The van der Waals surface area contributed by atoms with Crippen LogP contribution in [0.15, 0.2) is 18.2 Å². The molecule has 0 radical (unpaired) electrons. The smallest absolute Gasteiger partial charge is 0.161 e. The molecule has 0 aliphatic heterocycles. The van der Waals surface area contributed by atoms with Gasteiger partial charge in [-0.15, -0.1) is 0 Å². The zero-order valence-electron chi connectivity index (χ0n) is 12.4. The van der Waals surface area contributed by atoms with Gasteiger partial charge in [0.15, 0.2) is 5.82 Å². The molecule has 0 aliphatic rings. The van der Waals surface area contributed by atoms with Crippen molar-refractivity contribution in [1.29, 1.82) is 0 Å². The predicted molar refractivity (Wildman–Crippen MR) is 80.4 cm³/mol. The van der Waals surface area contributed by atoms with Gasteiger partial charge in [0, 0.05) is 23.4 Å². The fraction of sp³-hybridized carbons (Fsp3) is 0.375. The number of hydrogen-bond donors (Lipinski definition) is 1. The van der Waals surface area contributed by atoms with Gasteiger partial charge in [-0.25, -0.2) is 14.4 Å². The van der Waals surface area contributed by atoms with Gasteiger partial charge in [0.05, 0.1) is 0 Å². The van der Waals surface area contributed by atoms with Gasteiger partial charge < -0.3 is 5.32 Å². The van der Waals surface area contributed by atoms with Crippen LogP contribution in [0.2, 0.25) is 0 Å². The molecule has 0 amide bonds. The van der Waals surface area contributed by atoms with Crippen molar-refractivity contribution in [3.05, 3.63) is 40.8 Å². The first-order valence-electron chi connectivity index (χ1n) is 6.94. The molecule has 106 valence electrons. The highest BCUT2D eigenvalue weighted by Crippen LogP contribution is 2.24. The number of aryl methyl sites for hydroxylation is 2. The molecular weight excluding hydrogens is 253 g/mol. The average Bonchev–Trinajstić information content (AvgIpc) is 2.42. The molecule has 4 heteroatoms. The maximum atomic E-state index is 13.4. The van der Waals surface area contributed by atoms with Crippen LogP contribution < -0.4 is 5.32 Å². The molecule has 0 saturated heterocycles. The first kappa shape index (κ1) is 14.4. The zero-order valence-corrected chi connectivity index (χ0v) is 12.4. The molecule has 1 heterocycles. The molecule has 1 aromatic carbocycles. The van der Waals surface area contributed by atoms with Gasteiger partial charge >= 0.3 is 0 Å². The molecular formula is C16H20FN3. The molecule has 0 spiro atoms. The first-order valence-corrected chi connectivity index (χ1v) is 6.94. The lowest BCUT2D eigenvalue weighted by Gasteiger charge is -2.13. The molecule has 0 atom stereocenters. The predicted octanol–water partition coefficient (Wildman–Crippen LogP) is 3.89. The van der Waals surface area contributed by atoms with Crippen LogP contribution in [0.4, 0.5) is 10.2 Å². The Kier molecular flexibility index (Phi) is 4.32. The number of rotatable bonds is 4. The lowest BCUT2D eigenvalue weighted by molar-refractivity contribution is 0.618. The first-order chi connectivity index (χ1) is 9.56. The molecule has 2 aromatic rings. The zero-order chi connectivity index (χ0) is 14.7. The summed E-state index contributed by atoms with van der Waals surface area (Å²) in [7, 11) is 0. The summed E-state index contributed by atoms with van der Waals surface area (Å²) in [4.78, 5) is 9.14. The number of aromatic nitrogens is 2. The second-order valence-corrected chi connectivity index (χ2v) is 4.81. The second kappa shape index (κ2) is 5.99. The summed E-state index contributed by atoms with van der Waals surface area (Å²) in [6.45, 7) is 8.68. The van der Waals surface area contributed by atoms with Crippen molar-refractivity contribution in [3.63, 3.8) is 0 Å². The summed E-state index contributed by atoms with van der Waals surface area (Å²) in [6, 6.07) is 4.97. The summed E-state index contributed by atoms with van der Waals surface area (Å²) in [6.07, 6.45) is 0.886. The monoisotopic (exact) mass is 273 g/mol. The van der Waals surface area contributed by atoms with Crippen molar-refractivity contribution in [3.8, 4) is 11.4 Å². The van der Waals surface area contributed by atoms with Crippen LogP contribution in [-0.4, -0.2) is 16.5 Å². The van der Waals surface area contributed by atoms with E-state index in [2.05, 4.69) is 22.2 Å². The van der Waals surface area contributed by atoms with Crippen molar-refractivity contribution >= 4 is 5.82 Å².